The van der Waals surface area contributed by atoms with Gasteiger partial charge in [0.2, 0.25) is 0 Å². The summed E-state index contributed by atoms with van der Waals surface area (Å²) in [5.74, 6) is -0.509. The zero-order valence-corrected chi connectivity index (χ0v) is 24.8. The number of aromatic hydroxyl groups is 1. The summed E-state index contributed by atoms with van der Waals surface area (Å²) in [6.07, 6.45) is 1.61. The number of rotatable bonds is 4. The number of nitrogens with one attached hydrogen (secondary N) is 2. The van der Waals surface area contributed by atoms with Crippen molar-refractivity contribution in [3.63, 3.8) is 0 Å². The average Bonchev–Trinajstić information content (AvgIpc) is 3.40. The van der Waals surface area contributed by atoms with E-state index in [1.807, 2.05) is 37.3 Å². The number of hydrogen-bond acceptors (Lipinski definition) is 7. The molecular formula is C34H33N5O4. The molecule has 4 aromatic carbocycles. The molecule has 0 spiro atoms. The Morgan fingerprint density at radius 1 is 0.860 bits per heavy atom. The Labute approximate surface area is 248 Å². The summed E-state index contributed by atoms with van der Waals surface area (Å²) in [7, 11) is 0. The van der Waals surface area contributed by atoms with Crippen molar-refractivity contribution in [2.75, 3.05) is 4.90 Å². The van der Waals surface area contributed by atoms with Crippen molar-refractivity contribution in [2.24, 2.45) is 0 Å². The van der Waals surface area contributed by atoms with Gasteiger partial charge in [0.05, 0.1) is 5.69 Å². The monoisotopic (exact) mass is 575 g/mol. The van der Waals surface area contributed by atoms with Crippen LogP contribution in [0, 0.1) is 6.92 Å². The minimum Gasteiger partial charge on any atom is -0.505 e. The minimum atomic E-state index is -0.497. The maximum atomic E-state index is 14.1. The van der Waals surface area contributed by atoms with Crippen molar-refractivity contribution in [2.45, 2.75) is 64.6 Å². The number of piperidine rings is 1. The number of aromatic amines is 1. The van der Waals surface area contributed by atoms with Gasteiger partial charge in [-0.05, 0) is 88.2 Å². The number of benzene rings is 4. The Balaban J connectivity index is 1.30. The zero-order valence-electron chi connectivity index (χ0n) is 24.8. The first-order chi connectivity index (χ1) is 20.4. The second kappa shape index (κ2) is 9.37. The molecule has 3 heterocycles. The van der Waals surface area contributed by atoms with Crippen molar-refractivity contribution in [3.05, 3.63) is 77.4 Å². The molecule has 0 unspecified atom stereocenters. The number of imide groups is 1. The highest BCUT2D eigenvalue weighted by Gasteiger charge is 2.40. The minimum absolute atomic E-state index is 0.0334. The molecule has 5 aromatic rings. The molecule has 43 heavy (non-hydrogen) atoms. The Kier molecular flexibility index (Phi) is 5.91. The fraction of sp³-hybridized carbons (Fsp3) is 0.294. The van der Waals surface area contributed by atoms with Crippen LogP contribution in [0.2, 0.25) is 0 Å². The predicted molar refractivity (Wildman–Crippen MR) is 166 cm³/mol. The molecule has 1 fully saturated rings. The van der Waals surface area contributed by atoms with Crippen LogP contribution in [0.15, 0.2) is 60.7 Å². The van der Waals surface area contributed by atoms with Gasteiger partial charge in [-0.2, -0.15) is 15.4 Å². The van der Waals surface area contributed by atoms with Crippen LogP contribution in [0.5, 0.6) is 11.5 Å². The molecule has 1 saturated heterocycles. The standard InChI is InChI=1S/C34H33N5O4/c1-18-13-24(19-9-11-25-26(15-19)36-38-35-25)30(40)27(14-18)39-31(41)22-8-6-7-21-28(12-10-23(29(21)22)32(39)42)43-20-16-33(2,3)37-34(4,5)17-20/h6-15,20,37,40H,16-17H2,1-5H3,(H,35,36,38). The molecule has 2 amide bonds. The normalized spacial score (nSPS) is 18.0. The van der Waals surface area contributed by atoms with Crippen LogP contribution >= 0.6 is 0 Å². The van der Waals surface area contributed by atoms with Gasteiger partial charge in [0.25, 0.3) is 11.8 Å². The first-order valence-electron chi connectivity index (χ1n) is 14.5. The summed E-state index contributed by atoms with van der Waals surface area (Å²) in [6, 6.07) is 17.9. The third kappa shape index (κ3) is 4.51. The van der Waals surface area contributed by atoms with Crippen LogP contribution < -0.4 is 15.0 Å². The molecular weight excluding hydrogens is 542 g/mol. The smallest absolute Gasteiger partial charge is 0.266 e. The van der Waals surface area contributed by atoms with Gasteiger partial charge in [-0.25, -0.2) is 4.90 Å². The van der Waals surface area contributed by atoms with E-state index in [2.05, 4.69) is 48.4 Å². The van der Waals surface area contributed by atoms with Gasteiger partial charge in [-0.15, -0.1) is 0 Å². The van der Waals surface area contributed by atoms with Crippen molar-refractivity contribution in [1.82, 2.24) is 20.7 Å². The summed E-state index contributed by atoms with van der Waals surface area (Å²) in [5.41, 5.74) is 4.00. The lowest BCUT2D eigenvalue weighted by atomic mass is 9.81. The van der Waals surface area contributed by atoms with Gasteiger partial charge in [-0.3, -0.25) is 9.59 Å². The summed E-state index contributed by atoms with van der Waals surface area (Å²) >= 11 is 0. The van der Waals surface area contributed by atoms with Crippen LogP contribution in [0.1, 0.15) is 66.8 Å². The zero-order chi connectivity index (χ0) is 30.3. The first-order valence-corrected chi connectivity index (χ1v) is 14.5. The molecule has 218 valence electrons. The third-order valence-corrected chi connectivity index (χ3v) is 8.42. The molecule has 0 aliphatic carbocycles. The average molecular weight is 576 g/mol. The number of phenols is 1. The number of nitrogens with zero attached hydrogens (tertiary/aromatic N) is 3. The Morgan fingerprint density at radius 3 is 2.30 bits per heavy atom. The number of amides is 2. The van der Waals surface area contributed by atoms with E-state index in [1.165, 1.54) is 0 Å². The Hall–Kier alpha value is -4.76. The van der Waals surface area contributed by atoms with E-state index in [9.17, 15) is 14.7 Å². The van der Waals surface area contributed by atoms with Gasteiger partial charge in [0.1, 0.15) is 28.6 Å². The number of phenolic OH excluding ortho intramolecular Hbond substituents is 1. The second-order valence-corrected chi connectivity index (χ2v) is 13.0. The van der Waals surface area contributed by atoms with Crippen LogP contribution in [-0.4, -0.2) is 49.5 Å². The van der Waals surface area contributed by atoms with E-state index in [0.717, 1.165) is 28.7 Å². The van der Waals surface area contributed by atoms with E-state index in [1.54, 1.807) is 30.3 Å². The molecule has 7 rings (SSSR count). The maximum absolute atomic E-state index is 14.1. The van der Waals surface area contributed by atoms with Gasteiger partial charge >= 0.3 is 0 Å². The van der Waals surface area contributed by atoms with Gasteiger partial charge in [-0.1, -0.05) is 18.2 Å². The highest BCUT2D eigenvalue weighted by Crippen LogP contribution is 2.44. The fourth-order valence-electron chi connectivity index (χ4n) is 7.04. The van der Waals surface area contributed by atoms with Crippen molar-refractivity contribution < 1.29 is 19.4 Å². The highest BCUT2D eigenvalue weighted by molar-refractivity contribution is 6.36. The van der Waals surface area contributed by atoms with Crippen LogP contribution in [0.25, 0.3) is 32.9 Å². The van der Waals surface area contributed by atoms with Gasteiger partial charge in [0, 0.05) is 51.4 Å². The molecule has 3 N–H and O–H groups in total. The summed E-state index contributed by atoms with van der Waals surface area (Å²) in [6.45, 7) is 10.6. The Bertz CT molecular complexity index is 1940. The van der Waals surface area contributed by atoms with Gasteiger partial charge < -0.3 is 15.2 Å². The summed E-state index contributed by atoms with van der Waals surface area (Å²) < 4.78 is 6.60. The topological polar surface area (TPSA) is 120 Å². The molecule has 1 aromatic heterocycles. The van der Waals surface area contributed by atoms with E-state index >= 15 is 0 Å². The summed E-state index contributed by atoms with van der Waals surface area (Å²) in [4.78, 5) is 29.2. The van der Waals surface area contributed by atoms with Crippen molar-refractivity contribution in [1.29, 1.82) is 0 Å². The number of fused-ring (bicyclic) bond motifs is 1. The number of H-pyrrole nitrogens is 1. The lowest BCUT2D eigenvalue weighted by Gasteiger charge is -2.46. The second-order valence-electron chi connectivity index (χ2n) is 13.0. The SMILES string of the molecule is Cc1cc(-c2ccc3n[nH]nc3c2)c(O)c(N2C(=O)c3cccc4c(OC5CC(C)(C)NC(C)(C)C5)ccc(c34)C2=O)c1. The molecule has 2 aliphatic heterocycles. The fourth-order valence-corrected chi connectivity index (χ4v) is 7.04. The number of aromatic nitrogens is 3. The van der Waals surface area contributed by atoms with E-state index < -0.39 is 11.8 Å². The molecule has 0 radical (unpaired) electrons. The molecule has 0 atom stereocenters. The summed E-state index contributed by atoms with van der Waals surface area (Å²) in [5, 5.41) is 27.3. The number of anilines is 1. The number of carbonyl (C=O) groups is 2. The quantitative estimate of drug-likeness (QED) is 0.216. The van der Waals surface area contributed by atoms with E-state index in [-0.39, 0.29) is 28.6 Å². The lowest BCUT2D eigenvalue weighted by molar-refractivity contribution is 0.0569. The highest BCUT2D eigenvalue weighted by atomic mass is 16.5. The molecule has 0 saturated carbocycles. The number of hydrogen-bond donors (Lipinski definition) is 3. The maximum Gasteiger partial charge on any atom is 0.266 e. The number of carbonyl (C=O) groups excluding carboxylic acids is 2. The van der Waals surface area contributed by atoms with Crippen LogP contribution in [0.3, 0.4) is 0 Å². The molecule has 2 aliphatic rings. The molecule has 9 heteroatoms. The number of ether oxygens (including phenoxy) is 1. The largest absolute Gasteiger partial charge is 0.505 e. The van der Waals surface area contributed by atoms with Crippen LogP contribution in [-0.2, 0) is 0 Å². The van der Waals surface area contributed by atoms with E-state index in [4.69, 9.17) is 4.74 Å². The molecule has 9 nitrogen and oxygen atoms in total. The number of aryl methyl sites for hydroxylation is 1. The van der Waals surface area contributed by atoms with Crippen molar-refractivity contribution in [3.8, 4) is 22.6 Å². The third-order valence-electron chi connectivity index (χ3n) is 8.42. The van der Waals surface area contributed by atoms with E-state index in [0.29, 0.717) is 44.4 Å². The predicted octanol–water partition coefficient (Wildman–Crippen LogP) is 6.28. The lowest BCUT2D eigenvalue weighted by Crippen LogP contribution is -2.60. The van der Waals surface area contributed by atoms with Crippen molar-refractivity contribution >= 4 is 39.3 Å². The van der Waals surface area contributed by atoms with Gasteiger partial charge in [0.15, 0.2) is 0 Å². The Morgan fingerprint density at radius 2 is 1.56 bits per heavy atom. The molecule has 0 bridgehead atoms. The first kappa shape index (κ1) is 27.1. The van der Waals surface area contributed by atoms with Crippen LogP contribution in [0.4, 0.5) is 5.69 Å².